The van der Waals surface area contributed by atoms with Crippen LogP contribution in [-0.2, 0) is 0 Å². The SMILES string of the molecule is CCOc1ccccc1C(=O)N1CCN(c2ccc(-c3ccc4ccccc4c3)nn2)CC1. The molecule has 0 aliphatic carbocycles. The minimum absolute atomic E-state index is 0.0106. The zero-order valence-electron chi connectivity index (χ0n) is 18.6. The molecular weight excluding hydrogens is 412 g/mol. The molecule has 4 aromatic rings. The Labute approximate surface area is 193 Å². The van der Waals surface area contributed by atoms with Crippen LogP contribution in [0.3, 0.4) is 0 Å². The number of hydrogen-bond acceptors (Lipinski definition) is 5. The van der Waals surface area contributed by atoms with E-state index in [0.717, 1.165) is 17.1 Å². The van der Waals surface area contributed by atoms with Crippen molar-refractivity contribution in [3.05, 3.63) is 84.4 Å². The highest BCUT2D eigenvalue weighted by Crippen LogP contribution is 2.25. The third-order valence-electron chi connectivity index (χ3n) is 6.00. The van der Waals surface area contributed by atoms with Crippen molar-refractivity contribution < 1.29 is 9.53 Å². The Balaban J connectivity index is 1.25. The molecule has 1 aliphatic heterocycles. The number of carbonyl (C=O) groups excluding carboxylic acids is 1. The normalized spacial score (nSPS) is 13.8. The van der Waals surface area contributed by atoms with Gasteiger partial charge in [-0.1, -0.05) is 48.5 Å². The number of anilines is 1. The van der Waals surface area contributed by atoms with Crippen LogP contribution in [0.1, 0.15) is 17.3 Å². The number of nitrogens with zero attached hydrogens (tertiary/aromatic N) is 4. The van der Waals surface area contributed by atoms with Gasteiger partial charge in [0.25, 0.3) is 5.91 Å². The zero-order valence-corrected chi connectivity index (χ0v) is 18.6. The van der Waals surface area contributed by atoms with E-state index in [4.69, 9.17) is 4.74 Å². The molecule has 166 valence electrons. The topological polar surface area (TPSA) is 58.6 Å². The number of para-hydroxylation sites is 1. The van der Waals surface area contributed by atoms with Crippen molar-refractivity contribution in [3.63, 3.8) is 0 Å². The fraction of sp³-hybridized carbons (Fsp3) is 0.222. The first-order valence-corrected chi connectivity index (χ1v) is 11.3. The molecule has 0 N–H and O–H groups in total. The number of amides is 1. The van der Waals surface area contributed by atoms with Gasteiger partial charge in [-0.3, -0.25) is 4.79 Å². The average molecular weight is 439 g/mol. The predicted molar refractivity (Wildman–Crippen MR) is 131 cm³/mol. The minimum atomic E-state index is 0.0106. The van der Waals surface area contributed by atoms with Crippen molar-refractivity contribution in [1.29, 1.82) is 0 Å². The number of carbonyl (C=O) groups is 1. The van der Waals surface area contributed by atoms with Crippen molar-refractivity contribution in [2.75, 3.05) is 37.7 Å². The second-order valence-electron chi connectivity index (χ2n) is 8.05. The molecule has 0 bridgehead atoms. The van der Waals surface area contributed by atoms with E-state index in [1.807, 2.05) is 60.4 Å². The molecule has 0 radical (unpaired) electrons. The molecular formula is C27H26N4O2. The number of hydrogen-bond donors (Lipinski definition) is 0. The van der Waals surface area contributed by atoms with Crippen LogP contribution in [0.25, 0.3) is 22.0 Å². The van der Waals surface area contributed by atoms with Gasteiger partial charge in [0.1, 0.15) is 5.75 Å². The van der Waals surface area contributed by atoms with Gasteiger partial charge in [-0.2, -0.15) is 0 Å². The molecule has 1 saturated heterocycles. The van der Waals surface area contributed by atoms with Crippen LogP contribution in [0, 0.1) is 0 Å². The van der Waals surface area contributed by atoms with Gasteiger partial charge in [0, 0.05) is 31.7 Å². The minimum Gasteiger partial charge on any atom is -0.493 e. The van der Waals surface area contributed by atoms with Gasteiger partial charge in [-0.15, -0.1) is 10.2 Å². The van der Waals surface area contributed by atoms with Crippen LogP contribution in [0.2, 0.25) is 0 Å². The molecule has 1 fully saturated rings. The van der Waals surface area contributed by atoms with E-state index in [1.54, 1.807) is 0 Å². The number of fused-ring (bicyclic) bond motifs is 1. The standard InChI is InChI=1S/C27H26N4O2/c1-2-33-25-10-6-5-9-23(25)27(32)31-17-15-30(16-18-31)26-14-13-24(28-29-26)22-12-11-20-7-3-4-8-21(20)19-22/h3-14,19H,2,15-18H2,1H3. The molecule has 1 aromatic heterocycles. The van der Waals surface area contributed by atoms with Crippen LogP contribution in [0.4, 0.5) is 5.82 Å². The molecule has 0 spiro atoms. The lowest BCUT2D eigenvalue weighted by Gasteiger charge is -2.35. The molecule has 6 nitrogen and oxygen atoms in total. The monoisotopic (exact) mass is 438 g/mol. The lowest BCUT2D eigenvalue weighted by atomic mass is 10.1. The van der Waals surface area contributed by atoms with Crippen LogP contribution < -0.4 is 9.64 Å². The highest BCUT2D eigenvalue weighted by Gasteiger charge is 2.25. The van der Waals surface area contributed by atoms with Crippen LogP contribution in [-0.4, -0.2) is 53.8 Å². The lowest BCUT2D eigenvalue weighted by molar-refractivity contribution is 0.0742. The maximum Gasteiger partial charge on any atom is 0.257 e. The summed E-state index contributed by atoms with van der Waals surface area (Å²) in [7, 11) is 0. The zero-order chi connectivity index (χ0) is 22.6. The third-order valence-corrected chi connectivity index (χ3v) is 6.00. The number of piperazine rings is 1. The van der Waals surface area contributed by atoms with Crippen LogP contribution >= 0.6 is 0 Å². The maximum absolute atomic E-state index is 13.0. The van der Waals surface area contributed by atoms with Gasteiger partial charge in [-0.05, 0) is 48.0 Å². The predicted octanol–water partition coefficient (Wildman–Crippen LogP) is 4.66. The summed E-state index contributed by atoms with van der Waals surface area (Å²) in [5.41, 5.74) is 2.52. The fourth-order valence-electron chi connectivity index (χ4n) is 4.23. The molecule has 0 unspecified atom stereocenters. The molecule has 3 aromatic carbocycles. The molecule has 2 heterocycles. The molecule has 33 heavy (non-hydrogen) atoms. The first-order valence-electron chi connectivity index (χ1n) is 11.3. The summed E-state index contributed by atoms with van der Waals surface area (Å²) in [5.74, 6) is 1.49. The summed E-state index contributed by atoms with van der Waals surface area (Å²) in [6, 6.07) is 26.1. The Morgan fingerprint density at radius 3 is 2.36 bits per heavy atom. The number of ether oxygens (including phenoxy) is 1. The summed E-state index contributed by atoms with van der Waals surface area (Å²) in [4.78, 5) is 17.1. The Morgan fingerprint density at radius 2 is 1.61 bits per heavy atom. The Hall–Kier alpha value is -3.93. The second kappa shape index (κ2) is 9.28. The average Bonchev–Trinajstić information content (AvgIpc) is 2.89. The summed E-state index contributed by atoms with van der Waals surface area (Å²) < 4.78 is 5.63. The van der Waals surface area contributed by atoms with Crippen molar-refractivity contribution >= 4 is 22.5 Å². The van der Waals surface area contributed by atoms with E-state index >= 15 is 0 Å². The molecule has 0 saturated carbocycles. The number of aromatic nitrogens is 2. The smallest absolute Gasteiger partial charge is 0.257 e. The highest BCUT2D eigenvalue weighted by molar-refractivity contribution is 5.97. The summed E-state index contributed by atoms with van der Waals surface area (Å²) in [6.45, 7) is 5.15. The van der Waals surface area contributed by atoms with Gasteiger partial charge >= 0.3 is 0 Å². The summed E-state index contributed by atoms with van der Waals surface area (Å²) in [5, 5.41) is 11.4. The molecule has 5 rings (SSSR count). The van der Waals surface area contributed by atoms with Crippen molar-refractivity contribution in [1.82, 2.24) is 15.1 Å². The van der Waals surface area contributed by atoms with Gasteiger partial charge in [-0.25, -0.2) is 0 Å². The lowest BCUT2D eigenvalue weighted by Crippen LogP contribution is -2.49. The van der Waals surface area contributed by atoms with Crippen molar-refractivity contribution in [2.24, 2.45) is 0 Å². The summed E-state index contributed by atoms with van der Waals surface area (Å²) in [6.07, 6.45) is 0. The van der Waals surface area contributed by atoms with E-state index in [1.165, 1.54) is 10.8 Å². The number of benzene rings is 3. The van der Waals surface area contributed by atoms with Crippen LogP contribution in [0.5, 0.6) is 5.75 Å². The molecule has 6 heteroatoms. The van der Waals surface area contributed by atoms with E-state index in [2.05, 4.69) is 45.4 Å². The Bertz CT molecular complexity index is 1260. The summed E-state index contributed by atoms with van der Waals surface area (Å²) >= 11 is 0. The largest absolute Gasteiger partial charge is 0.493 e. The molecule has 1 aliphatic rings. The number of rotatable bonds is 5. The first kappa shape index (κ1) is 20.9. The van der Waals surface area contributed by atoms with Crippen molar-refractivity contribution in [3.8, 4) is 17.0 Å². The Morgan fingerprint density at radius 1 is 0.848 bits per heavy atom. The Kier molecular flexibility index (Phi) is 5.89. The first-order chi connectivity index (χ1) is 16.2. The molecule has 1 amide bonds. The van der Waals surface area contributed by atoms with E-state index in [9.17, 15) is 4.79 Å². The van der Waals surface area contributed by atoms with Gasteiger partial charge in [0.15, 0.2) is 5.82 Å². The second-order valence-corrected chi connectivity index (χ2v) is 8.05. The van der Waals surface area contributed by atoms with E-state index in [0.29, 0.717) is 44.1 Å². The quantitative estimate of drug-likeness (QED) is 0.454. The van der Waals surface area contributed by atoms with E-state index in [-0.39, 0.29) is 5.91 Å². The van der Waals surface area contributed by atoms with Gasteiger partial charge in [0.05, 0.1) is 17.9 Å². The van der Waals surface area contributed by atoms with Crippen LogP contribution in [0.15, 0.2) is 78.9 Å². The highest BCUT2D eigenvalue weighted by atomic mass is 16.5. The van der Waals surface area contributed by atoms with E-state index < -0.39 is 0 Å². The third kappa shape index (κ3) is 4.37. The fourth-order valence-corrected chi connectivity index (χ4v) is 4.23. The van der Waals surface area contributed by atoms with Crippen molar-refractivity contribution in [2.45, 2.75) is 6.92 Å². The van der Waals surface area contributed by atoms with Gasteiger partial charge in [0.2, 0.25) is 0 Å². The maximum atomic E-state index is 13.0. The van der Waals surface area contributed by atoms with Gasteiger partial charge < -0.3 is 14.5 Å². The molecule has 0 atom stereocenters.